The van der Waals surface area contributed by atoms with Crippen LogP contribution in [0.4, 0.5) is 0 Å². The van der Waals surface area contributed by atoms with E-state index in [0.717, 1.165) is 5.56 Å². The first-order chi connectivity index (χ1) is 9.10. The van der Waals surface area contributed by atoms with Crippen LogP contribution in [0.25, 0.3) is 0 Å². The average Bonchev–Trinajstić information content (AvgIpc) is 2.38. The van der Waals surface area contributed by atoms with Crippen LogP contribution in [0.2, 0.25) is 0 Å². The SMILES string of the molecule is CC(C)(C)c1ccc(P(O)(O)(O)c2ccccc2)cc1. The van der Waals surface area contributed by atoms with E-state index in [1.54, 1.807) is 30.3 Å². The van der Waals surface area contributed by atoms with Gasteiger partial charge in [0, 0.05) is 0 Å². The van der Waals surface area contributed by atoms with Crippen LogP contribution >= 0.6 is 7.28 Å². The molecule has 0 bridgehead atoms. The minimum absolute atomic E-state index is 0.0257. The molecule has 0 saturated carbocycles. The van der Waals surface area contributed by atoms with Gasteiger partial charge in [-0.25, -0.2) is 0 Å². The zero-order valence-corrected chi connectivity index (χ0v) is 12.9. The van der Waals surface area contributed by atoms with Crippen LogP contribution in [-0.2, 0) is 5.41 Å². The second kappa shape index (κ2) is 4.64. The first-order valence-corrected chi connectivity index (χ1v) is 8.62. The van der Waals surface area contributed by atoms with E-state index in [2.05, 4.69) is 20.8 Å². The summed E-state index contributed by atoms with van der Waals surface area (Å²) in [6.45, 7) is 6.24. The molecule has 0 saturated heterocycles. The van der Waals surface area contributed by atoms with Gasteiger partial charge >= 0.3 is 119 Å². The molecule has 0 amide bonds. The Labute approximate surface area is 119 Å². The Hall–Kier alpha value is -1.25. The molecule has 0 aliphatic rings. The molecular weight excluding hydrogens is 271 g/mol. The third-order valence-corrected chi connectivity index (χ3v) is 5.94. The van der Waals surface area contributed by atoms with E-state index < -0.39 is 7.28 Å². The van der Waals surface area contributed by atoms with Gasteiger partial charge in [-0.05, 0) is 0 Å². The van der Waals surface area contributed by atoms with Crippen molar-refractivity contribution in [3.63, 3.8) is 0 Å². The van der Waals surface area contributed by atoms with Crippen molar-refractivity contribution in [1.29, 1.82) is 0 Å². The van der Waals surface area contributed by atoms with Crippen LogP contribution in [0, 0.1) is 0 Å². The Bertz CT molecular complexity index is 590. The second-order valence-electron chi connectivity index (χ2n) is 6.11. The summed E-state index contributed by atoms with van der Waals surface area (Å²) in [7, 11) is -5.02. The van der Waals surface area contributed by atoms with E-state index in [1.807, 2.05) is 12.1 Å². The maximum absolute atomic E-state index is 10.5. The van der Waals surface area contributed by atoms with Crippen LogP contribution in [0.3, 0.4) is 0 Å². The topological polar surface area (TPSA) is 60.7 Å². The normalized spacial score (nSPS) is 14.6. The number of rotatable bonds is 2. The molecule has 2 aromatic rings. The summed E-state index contributed by atoms with van der Waals surface area (Å²) in [6.07, 6.45) is 0. The Morgan fingerprint density at radius 2 is 1.15 bits per heavy atom. The maximum atomic E-state index is 10.5. The molecule has 0 heterocycles. The number of benzene rings is 2. The fourth-order valence-corrected chi connectivity index (χ4v) is 3.81. The molecule has 0 radical (unpaired) electrons. The van der Waals surface area contributed by atoms with Gasteiger partial charge in [0.2, 0.25) is 0 Å². The van der Waals surface area contributed by atoms with Crippen molar-refractivity contribution >= 4 is 17.9 Å². The zero-order chi connectivity index (χ0) is 15.0. The van der Waals surface area contributed by atoms with Gasteiger partial charge in [-0.3, -0.25) is 0 Å². The van der Waals surface area contributed by atoms with Crippen LogP contribution < -0.4 is 10.6 Å². The van der Waals surface area contributed by atoms with E-state index in [1.165, 1.54) is 12.1 Å². The van der Waals surface area contributed by atoms with Crippen molar-refractivity contribution in [1.82, 2.24) is 0 Å². The summed E-state index contributed by atoms with van der Waals surface area (Å²) >= 11 is 0. The van der Waals surface area contributed by atoms with Crippen molar-refractivity contribution < 1.29 is 14.7 Å². The summed E-state index contributed by atoms with van der Waals surface area (Å²) in [5, 5.41) is 0.289. The van der Waals surface area contributed by atoms with E-state index in [0.29, 0.717) is 0 Å². The molecule has 0 atom stereocenters. The quantitative estimate of drug-likeness (QED) is 0.744. The van der Waals surface area contributed by atoms with E-state index in [9.17, 15) is 14.7 Å². The van der Waals surface area contributed by atoms with Crippen molar-refractivity contribution in [2.45, 2.75) is 26.2 Å². The fraction of sp³-hybridized carbons (Fsp3) is 0.250. The molecule has 2 aromatic carbocycles. The van der Waals surface area contributed by atoms with Gasteiger partial charge in [0.1, 0.15) is 0 Å². The fourth-order valence-electron chi connectivity index (χ4n) is 2.09. The Kier molecular flexibility index (Phi) is 3.52. The third-order valence-electron chi connectivity index (χ3n) is 3.44. The molecule has 20 heavy (non-hydrogen) atoms. The first kappa shape index (κ1) is 15.1. The standard InChI is InChI=1S/C16H21O3P/c1-16(2,3)13-9-11-15(12-10-13)20(17,18,19)14-7-5-4-6-8-14/h4-12,17-19H,1-3H3. The van der Waals surface area contributed by atoms with Gasteiger partial charge in [-0.1, -0.05) is 0 Å². The molecule has 108 valence electrons. The van der Waals surface area contributed by atoms with Gasteiger partial charge in [0.15, 0.2) is 0 Å². The predicted octanol–water partition coefficient (Wildman–Crippen LogP) is 2.21. The van der Waals surface area contributed by atoms with Gasteiger partial charge in [-0.15, -0.1) is 0 Å². The second-order valence-corrected chi connectivity index (χ2v) is 9.11. The van der Waals surface area contributed by atoms with E-state index >= 15 is 0 Å². The number of hydrogen-bond acceptors (Lipinski definition) is 3. The van der Waals surface area contributed by atoms with Crippen LogP contribution in [0.15, 0.2) is 54.6 Å². The van der Waals surface area contributed by atoms with Gasteiger partial charge in [0.25, 0.3) is 0 Å². The van der Waals surface area contributed by atoms with E-state index in [-0.39, 0.29) is 16.0 Å². The average molecular weight is 292 g/mol. The van der Waals surface area contributed by atoms with Crippen LogP contribution in [0.1, 0.15) is 26.3 Å². The molecule has 3 nitrogen and oxygen atoms in total. The third kappa shape index (κ3) is 2.77. The molecule has 2 rings (SSSR count). The van der Waals surface area contributed by atoms with Crippen molar-refractivity contribution in [3.8, 4) is 0 Å². The molecular formula is C16H21O3P. The van der Waals surface area contributed by atoms with Crippen molar-refractivity contribution in [2.24, 2.45) is 0 Å². The molecule has 0 aliphatic heterocycles. The molecule has 3 N–H and O–H groups in total. The van der Waals surface area contributed by atoms with E-state index in [4.69, 9.17) is 0 Å². The monoisotopic (exact) mass is 292 g/mol. The molecule has 0 fully saturated rings. The summed E-state index contributed by atoms with van der Waals surface area (Å²) in [5.41, 5.74) is 1.04. The van der Waals surface area contributed by atoms with Gasteiger partial charge < -0.3 is 0 Å². The molecule has 4 heteroatoms. The summed E-state index contributed by atoms with van der Waals surface area (Å²) in [6, 6.07) is 15.0. The Morgan fingerprint density at radius 3 is 1.60 bits per heavy atom. The molecule has 0 unspecified atom stereocenters. The van der Waals surface area contributed by atoms with Crippen LogP contribution in [0.5, 0.6) is 0 Å². The summed E-state index contributed by atoms with van der Waals surface area (Å²) < 4.78 is 0. The minimum atomic E-state index is -5.02. The van der Waals surface area contributed by atoms with Crippen LogP contribution in [-0.4, -0.2) is 14.7 Å². The molecule has 0 spiro atoms. The Morgan fingerprint density at radius 1 is 0.700 bits per heavy atom. The molecule has 0 aromatic heterocycles. The van der Waals surface area contributed by atoms with Gasteiger partial charge in [0.05, 0.1) is 0 Å². The zero-order valence-electron chi connectivity index (χ0n) is 12.0. The summed E-state index contributed by atoms with van der Waals surface area (Å²) in [4.78, 5) is 31.4. The Balaban J connectivity index is 2.50. The van der Waals surface area contributed by atoms with Gasteiger partial charge in [-0.2, -0.15) is 0 Å². The first-order valence-electron chi connectivity index (χ1n) is 6.53. The summed E-state index contributed by atoms with van der Waals surface area (Å²) in [5.74, 6) is 0. The molecule has 0 aliphatic carbocycles. The van der Waals surface area contributed by atoms with Crippen molar-refractivity contribution in [3.05, 3.63) is 60.2 Å². The number of hydrogen-bond donors (Lipinski definition) is 3. The predicted molar refractivity (Wildman–Crippen MR) is 84.4 cm³/mol. The van der Waals surface area contributed by atoms with Crippen molar-refractivity contribution in [2.75, 3.05) is 0 Å².